The summed E-state index contributed by atoms with van der Waals surface area (Å²) in [6, 6.07) is 6.27. The molecule has 1 rings (SSSR count). The molecule has 1 aromatic rings. The van der Waals surface area contributed by atoms with Gasteiger partial charge in [-0.3, -0.25) is 0 Å². The number of pyridine rings is 1. The lowest BCUT2D eigenvalue weighted by Crippen LogP contribution is -2.28. The third kappa shape index (κ3) is 3.03. The van der Waals surface area contributed by atoms with Gasteiger partial charge in [-0.05, 0) is 25.5 Å². The third-order valence-corrected chi connectivity index (χ3v) is 2.02. The first-order valence-electron chi connectivity index (χ1n) is 4.66. The van der Waals surface area contributed by atoms with Crippen LogP contribution in [0.5, 0.6) is 0 Å². The number of nitrogens with zero attached hydrogens (tertiary/aromatic N) is 1. The zero-order chi connectivity index (χ0) is 9.68. The molecule has 0 fully saturated rings. The van der Waals surface area contributed by atoms with E-state index in [2.05, 4.69) is 17.2 Å². The van der Waals surface area contributed by atoms with Crippen LogP contribution in [0.2, 0.25) is 0 Å². The number of anilines is 1. The van der Waals surface area contributed by atoms with E-state index in [4.69, 9.17) is 5.73 Å². The molecule has 0 aliphatic rings. The van der Waals surface area contributed by atoms with E-state index in [9.17, 15) is 0 Å². The van der Waals surface area contributed by atoms with Crippen molar-refractivity contribution in [2.45, 2.75) is 26.3 Å². The lowest BCUT2D eigenvalue weighted by molar-refractivity contribution is 0.699. The Morgan fingerprint density at radius 2 is 2.31 bits per heavy atom. The van der Waals surface area contributed by atoms with Crippen molar-refractivity contribution in [3.63, 3.8) is 0 Å². The van der Waals surface area contributed by atoms with Crippen LogP contribution in [0, 0.1) is 6.92 Å². The van der Waals surface area contributed by atoms with Gasteiger partial charge in [-0.15, -0.1) is 0 Å². The van der Waals surface area contributed by atoms with E-state index >= 15 is 0 Å². The molecule has 1 atom stereocenters. The molecule has 72 valence electrons. The third-order valence-electron chi connectivity index (χ3n) is 2.02. The van der Waals surface area contributed by atoms with Crippen molar-refractivity contribution in [3.8, 4) is 0 Å². The second-order valence-corrected chi connectivity index (χ2v) is 3.15. The van der Waals surface area contributed by atoms with Crippen molar-refractivity contribution in [3.05, 3.63) is 23.9 Å². The van der Waals surface area contributed by atoms with Crippen molar-refractivity contribution in [2.75, 3.05) is 11.9 Å². The molecule has 0 radical (unpaired) electrons. The van der Waals surface area contributed by atoms with Crippen LogP contribution in [0.1, 0.15) is 19.0 Å². The number of nitrogens with one attached hydrogen (secondary N) is 1. The quantitative estimate of drug-likeness (QED) is 0.737. The zero-order valence-corrected chi connectivity index (χ0v) is 8.25. The molecular formula is C10H17N3. The summed E-state index contributed by atoms with van der Waals surface area (Å²) in [4.78, 5) is 4.34. The molecule has 3 N–H and O–H groups in total. The SMILES string of the molecule is CCC(CN)Nc1cccc(C)n1. The van der Waals surface area contributed by atoms with Crippen molar-refractivity contribution < 1.29 is 0 Å². The number of aryl methyl sites for hydroxylation is 1. The number of hydrogen-bond acceptors (Lipinski definition) is 3. The Labute approximate surface area is 79.4 Å². The van der Waals surface area contributed by atoms with Gasteiger partial charge in [0, 0.05) is 18.3 Å². The van der Waals surface area contributed by atoms with Gasteiger partial charge < -0.3 is 11.1 Å². The fourth-order valence-electron chi connectivity index (χ4n) is 1.16. The molecule has 0 saturated carbocycles. The van der Waals surface area contributed by atoms with Gasteiger partial charge in [0.2, 0.25) is 0 Å². The van der Waals surface area contributed by atoms with Crippen molar-refractivity contribution in [1.29, 1.82) is 0 Å². The summed E-state index contributed by atoms with van der Waals surface area (Å²) < 4.78 is 0. The average Bonchev–Trinajstić information content (AvgIpc) is 2.14. The summed E-state index contributed by atoms with van der Waals surface area (Å²) in [6.07, 6.45) is 1.02. The lowest BCUT2D eigenvalue weighted by Gasteiger charge is -2.15. The minimum absolute atomic E-state index is 0.328. The molecule has 13 heavy (non-hydrogen) atoms. The highest BCUT2D eigenvalue weighted by atomic mass is 15.0. The minimum Gasteiger partial charge on any atom is -0.366 e. The first-order chi connectivity index (χ1) is 6.26. The van der Waals surface area contributed by atoms with Crippen molar-refractivity contribution >= 4 is 5.82 Å². The van der Waals surface area contributed by atoms with E-state index in [0.717, 1.165) is 17.9 Å². The van der Waals surface area contributed by atoms with Gasteiger partial charge in [0.05, 0.1) is 0 Å². The van der Waals surface area contributed by atoms with E-state index in [1.165, 1.54) is 0 Å². The fourth-order valence-corrected chi connectivity index (χ4v) is 1.16. The Morgan fingerprint density at radius 3 is 2.85 bits per heavy atom. The van der Waals surface area contributed by atoms with Crippen molar-refractivity contribution in [2.24, 2.45) is 5.73 Å². The summed E-state index contributed by atoms with van der Waals surface area (Å²) in [7, 11) is 0. The highest BCUT2D eigenvalue weighted by Crippen LogP contribution is 2.06. The topological polar surface area (TPSA) is 50.9 Å². The van der Waals surface area contributed by atoms with Gasteiger partial charge in [-0.2, -0.15) is 0 Å². The second kappa shape index (κ2) is 4.82. The molecule has 0 aromatic carbocycles. The van der Waals surface area contributed by atoms with Crippen LogP contribution < -0.4 is 11.1 Å². The Kier molecular flexibility index (Phi) is 3.71. The summed E-state index contributed by atoms with van der Waals surface area (Å²) in [6.45, 7) is 4.74. The highest BCUT2D eigenvalue weighted by molar-refractivity contribution is 5.36. The van der Waals surface area contributed by atoms with Crippen LogP contribution in [-0.2, 0) is 0 Å². The molecule has 0 saturated heterocycles. The van der Waals surface area contributed by atoms with Crippen LogP contribution in [0.25, 0.3) is 0 Å². The van der Waals surface area contributed by atoms with Gasteiger partial charge in [-0.1, -0.05) is 13.0 Å². The number of hydrogen-bond donors (Lipinski definition) is 2. The first kappa shape index (κ1) is 9.99. The predicted octanol–water partition coefficient (Wildman–Crippen LogP) is 1.54. The van der Waals surface area contributed by atoms with E-state index in [-0.39, 0.29) is 0 Å². The maximum atomic E-state index is 5.58. The summed E-state index contributed by atoms with van der Waals surface area (Å²) in [5.74, 6) is 0.914. The molecule has 1 unspecified atom stereocenters. The number of rotatable bonds is 4. The molecule has 0 bridgehead atoms. The average molecular weight is 179 g/mol. The normalized spacial score (nSPS) is 12.5. The molecule has 0 amide bonds. The summed E-state index contributed by atoms with van der Waals surface area (Å²) in [5.41, 5.74) is 6.60. The molecule has 0 aliphatic carbocycles. The second-order valence-electron chi connectivity index (χ2n) is 3.15. The number of nitrogens with two attached hydrogens (primary N) is 1. The maximum Gasteiger partial charge on any atom is 0.126 e. The smallest absolute Gasteiger partial charge is 0.126 e. The van der Waals surface area contributed by atoms with Gasteiger partial charge in [0.25, 0.3) is 0 Å². The Morgan fingerprint density at radius 1 is 1.54 bits per heavy atom. The highest BCUT2D eigenvalue weighted by Gasteiger charge is 2.03. The van der Waals surface area contributed by atoms with Gasteiger partial charge in [0.15, 0.2) is 0 Å². The van der Waals surface area contributed by atoms with Crippen LogP contribution in [0.15, 0.2) is 18.2 Å². The largest absolute Gasteiger partial charge is 0.366 e. The summed E-state index contributed by atoms with van der Waals surface area (Å²) >= 11 is 0. The van der Waals surface area contributed by atoms with Crippen LogP contribution in [0.3, 0.4) is 0 Å². The van der Waals surface area contributed by atoms with Crippen LogP contribution >= 0.6 is 0 Å². The van der Waals surface area contributed by atoms with Gasteiger partial charge in [0.1, 0.15) is 5.82 Å². The monoisotopic (exact) mass is 179 g/mol. The van der Waals surface area contributed by atoms with E-state index < -0.39 is 0 Å². The molecule has 3 nitrogen and oxygen atoms in total. The maximum absolute atomic E-state index is 5.58. The molecule has 3 heteroatoms. The van der Waals surface area contributed by atoms with E-state index in [0.29, 0.717) is 12.6 Å². The summed E-state index contributed by atoms with van der Waals surface area (Å²) in [5, 5.41) is 3.28. The lowest BCUT2D eigenvalue weighted by atomic mass is 10.2. The molecule has 1 heterocycles. The van der Waals surface area contributed by atoms with Gasteiger partial charge in [-0.25, -0.2) is 4.98 Å². The predicted molar refractivity (Wildman–Crippen MR) is 55.7 cm³/mol. The van der Waals surface area contributed by atoms with Crippen LogP contribution in [0.4, 0.5) is 5.82 Å². The molecule has 1 aromatic heterocycles. The number of aromatic nitrogens is 1. The van der Waals surface area contributed by atoms with Gasteiger partial charge >= 0.3 is 0 Å². The zero-order valence-electron chi connectivity index (χ0n) is 8.25. The Bertz CT molecular complexity index is 256. The Hall–Kier alpha value is -1.09. The Balaban J connectivity index is 2.62. The molecular weight excluding hydrogens is 162 g/mol. The van der Waals surface area contributed by atoms with Crippen molar-refractivity contribution in [1.82, 2.24) is 4.98 Å². The molecule has 0 spiro atoms. The fraction of sp³-hybridized carbons (Fsp3) is 0.500. The van der Waals surface area contributed by atoms with Crippen LogP contribution in [-0.4, -0.2) is 17.6 Å². The standard InChI is InChI=1S/C10H17N3/c1-3-9(7-11)13-10-6-4-5-8(2)12-10/h4-6,9H,3,7,11H2,1-2H3,(H,12,13). The van der Waals surface area contributed by atoms with E-state index in [1.54, 1.807) is 0 Å². The van der Waals surface area contributed by atoms with E-state index in [1.807, 2.05) is 25.1 Å². The minimum atomic E-state index is 0.328. The first-order valence-corrected chi connectivity index (χ1v) is 4.66. The molecule has 0 aliphatic heterocycles.